The zero-order valence-electron chi connectivity index (χ0n) is 11.1. The van der Waals surface area contributed by atoms with Crippen LogP contribution in [-0.2, 0) is 9.84 Å². The van der Waals surface area contributed by atoms with E-state index in [1.807, 2.05) is 0 Å². The molecule has 1 rings (SSSR count). The second kappa shape index (κ2) is 7.36. The van der Waals surface area contributed by atoms with Gasteiger partial charge in [-0.15, -0.1) is 0 Å². The molecule has 1 heterocycles. The van der Waals surface area contributed by atoms with E-state index in [-0.39, 0.29) is 5.03 Å². The SMILES string of the molecule is CCCCCCCNc1ccc(S(C)(=O)=O)nc1. The highest BCUT2D eigenvalue weighted by Gasteiger charge is 2.07. The summed E-state index contributed by atoms with van der Waals surface area (Å²) in [6.07, 6.45) is 8.93. The summed E-state index contributed by atoms with van der Waals surface area (Å²) in [5, 5.41) is 3.36. The highest BCUT2D eigenvalue weighted by atomic mass is 32.2. The summed E-state index contributed by atoms with van der Waals surface area (Å²) < 4.78 is 22.4. The van der Waals surface area contributed by atoms with Gasteiger partial charge in [-0.1, -0.05) is 32.6 Å². The fourth-order valence-electron chi connectivity index (χ4n) is 1.67. The molecule has 102 valence electrons. The van der Waals surface area contributed by atoms with Gasteiger partial charge in [-0.2, -0.15) is 0 Å². The Hall–Kier alpha value is -1.10. The number of nitrogens with one attached hydrogen (secondary N) is 1. The Morgan fingerprint density at radius 1 is 1.17 bits per heavy atom. The second-order valence-electron chi connectivity index (χ2n) is 4.50. The van der Waals surface area contributed by atoms with Crippen LogP contribution in [0.1, 0.15) is 39.0 Å². The van der Waals surface area contributed by atoms with Gasteiger partial charge in [-0.05, 0) is 18.6 Å². The van der Waals surface area contributed by atoms with E-state index in [4.69, 9.17) is 0 Å². The second-order valence-corrected chi connectivity index (χ2v) is 6.46. The molecular weight excluding hydrogens is 248 g/mol. The summed E-state index contributed by atoms with van der Waals surface area (Å²) in [6.45, 7) is 3.11. The van der Waals surface area contributed by atoms with Crippen LogP contribution in [0, 0.1) is 0 Å². The van der Waals surface area contributed by atoms with Crippen molar-refractivity contribution in [2.75, 3.05) is 18.1 Å². The van der Waals surface area contributed by atoms with E-state index < -0.39 is 9.84 Å². The van der Waals surface area contributed by atoms with Crippen LogP contribution in [0.25, 0.3) is 0 Å². The van der Waals surface area contributed by atoms with Crippen LogP contribution in [0.15, 0.2) is 23.4 Å². The summed E-state index contributed by atoms with van der Waals surface area (Å²) >= 11 is 0. The topological polar surface area (TPSA) is 59.1 Å². The fourth-order valence-corrected chi connectivity index (χ4v) is 2.22. The first kappa shape index (κ1) is 15.0. The Balaban J connectivity index is 2.32. The Labute approximate surface area is 110 Å². The Kier molecular flexibility index (Phi) is 6.12. The van der Waals surface area contributed by atoms with Crippen LogP contribution in [0.4, 0.5) is 5.69 Å². The van der Waals surface area contributed by atoms with Crippen LogP contribution in [-0.4, -0.2) is 26.2 Å². The van der Waals surface area contributed by atoms with Crippen molar-refractivity contribution >= 4 is 15.5 Å². The quantitative estimate of drug-likeness (QED) is 0.738. The maximum absolute atomic E-state index is 11.2. The normalized spacial score (nSPS) is 11.4. The van der Waals surface area contributed by atoms with Crippen molar-refractivity contribution in [3.05, 3.63) is 18.3 Å². The largest absolute Gasteiger partial charge is 0.384 e. The number of unbranched alkanes of at least 4 members (excludes halogenated alkanes) is 4. The maximum atomic E-state index is 11.2. The van der Waals surface area contributed by atoms with Gasteiger partial charge in [0.15, 0.2) is 14.9 Å². The minimum absolute atomic E-state index is 0.121. The van der Waals surface area contributed by atoms with Crippen LogP contribution in [0.2, 0.25) is 0 Å². The van der Waals surface area contributed by atoms with E-state index in [9.17, 15) is 8.42 Å². The van der Waals surface area contributed by atoms with Crippen molar-refractivity contribution < 1.29 is 8.42 Å². The summed E-state index contributed by atoms with van der Waals surface area (Å²) in [4.78, 5) is 3.93. The van der Waals surface area contributed by atoms with E-state index in [1.54, 1.807) is 12.3 Å². The molecule has 0 atom stereocenters. The Morgan fingerprint density at radius 3 is 2.44 bits per heavy atom. The molecule has 4 nitrogen and oxygen atoms in total. The van der Waals surface area contributed by atoms with Gasteiger partial charge in [0.25, 0.3) is 0 Å². The van der Waals surface area contributed by atoms with Gasteiger partial charge in [-0.3, -0.25) is 0 Å². The van der Waals surface area contributed by atoms with Gasteiger partial charge in [0, 0.05) is 12.8 Å². The number of pyridine rings is 1. The molecule has 0 saturated carbocycles. The van der Waals surface area contributed by atoms with E-state index in [1.165, 1.54) is 31.7 Å². The third-order valence-electron chi connectivity index (χ3n) is 2.73. The van der Waals surface area contributed by atoms with Crippen molar-refractivity contribution in [1.82, 2.24) is 4.98 Å². The number of nitrogens with zero attached hydrogens (tertiary/aromatic N) is 1. The molecule has 0 fully saturated rings. The van der Waals surface area contributed by atoms with E-state index in [0.717, 1.165) is 24.9 Å². The minimum atomic E-state index is -3.19. The van der Waals surface area contributed by atoms with Crippen LogP contribution in [0.3, 0.4) is 0 Å². The number of sulfone groups is 1. The predicted octanol–water partition coefficient (Wildman–Crippen LogP) is 2.87. The molecule has 0 saturated heterocycles. The minimum Gasteiger partial charge on any atom is -0.384 e. The van der Waals surface area contributed by atoms with Crippen molar-refractivity contribution in [3.8, 4) is 0 Å². The first-order valence-electron chi connectivity index (χ1n) is 6.44. The predicted molar refractivity (Wildman–Crippen MR) is 74.6 cm³/mol. The molecule has 0 amide bonds. The van der Waals surface area contributed by atoms with Crippen molar-refractivity contribution in [2.45, 2.75) is 44.1 Å². The standard InChI is InChI=1S/C13H22N2O2S/c1-3-4-5-6-7-10-14-12-8-9-13(15-11-12)18(2,16)17/h8-9,11,14H,3-7,10H2,1-2H3. The molecule has 5 heteroatoms. The average Bonchev–Trinajstić information content (AvgIpc) is 2.33. The molecule has 0 aromatic carbocycles. The summed E-state index contributed by atoms with van der Waals surface area (Å²) in [5.41, 5.74) is 0.873. The van der Waals surface area contributed by atoms with Gasteiger partial charge < -0.3 is 5.32 Å². The third kappa shape index (κ3) is 5.49. The number of rotatable bonds is 8. The van der Waals surface area contributed by atoms with Gasteiger partial charge >= 0.3 is 0 Å². The lowest BCUT2D eigenvalue weighted by Gasteiger charge is -2.06. The molecule has 0 aliphatic carbocycles. The van der Waals surface area contributed by atoms with E-state index >= 15 is 0 Å². The van der Waals surface area contributed by atoms with Crippen molar-refractivity contribution in [1.29, 1.82) is 0 Å². The van der Waals surface area contributed by atoms with Crippen LogP contribution in [0.5, 0.6) is 0 Å². The smallest absolute Gasteiger partial charge is 0.192 e. The van der Waals surface area contributed by atoms with Gasteiger partial charge in [0.2, 0.25) is 0 Å². The average molecular weight is 270 g/mol. The summed E-state index contributed by atoms with van der Waals surface area (Å²) in [6, 6.07) is 3.30. The van der Waals surface area contributed by atoms with Gasteiger partial charge in [0.1, 0.15) is 0 Å². The lowest BCUT2D eigenvalue weighted by molar-refractivity contribution is 0.598. The molecule has 0 spiro atoms. The lowest BCUT2D eigenvalue weighted by Crippen LogP contribution is -2.04. The van der Waals surface area contributed by atoms with Gasteiger partial charge in [-0.25, -0.2) is 13.4 Å². The fraction of sp³-hybridized carbons (Fsp3) is 0.615. The molecule has 1 aromatic rings. The molecule has 1 N–H and O–H groups in total. The molecule has 0 unspecified atom stereocenters. The molecule has 0 aliphatic rings. The van der Waals surface area contributed by atoms with Crippen LogP contribution >= 0.6 is 0 Å². The van der Waals surface area contributed by atoms with Crippen LogP contribution < -0.4 is 5.32 Å². The highest BCUT2D eigenvalue weighted by molar-refractivity contribution is 7.90. The molecule has 0 aliphatic heterocycles. The van der Waals surface area contributed by atoms with Gasteiger partial charge in [0.05, 0.1) is 11.9 Å². The first-order chi connectivity index (χ1) is 8.54. The van der Waals surface area contributed by atoms with E-state index in [2.05, 4.69) is 17.2 Å². The number of hydrogen-bond donors (Lipinski definition) is 1. The molecule has 1 aromatic heterocycles. The monoisotopic (exact) mass is 270 g/mol. The van der Waals surface area contributed by atoms with Crippen molar-refractivity contribution in [2.24, 2.45) is 0 Å². The molecule has 0 bridgehead atoms. The number of anilines is 1. The van der Waals surface area contributed by atoms with E-state index in [0.29, 0.717) is 0 Å². The zero-order valence-corrected chi connectivity index (χ0v) is 12.0. The summed E-state index contributed by atoms with van der Waals surface area (Å²) in [7, 11) is -3.19. The third-order valence-corrected chi connectivity index (χ3v) is 3.73. The number of hydrogen-bond acceptors (Lipinski definition) is 4. The highest BCUT2D eigenvalue weighted by Crippen LogP contribution is 2.10. The van der Waals surface area contributed by atoms with Crippen molar-refractivity contribution in [3.63, 3.8) is 0 Å². The maximum Gasteiger partial charge on any atom is 0.192 e. The molecule has 0 radical (unpaired) electrons. The molecular formula is C13H22N2O2S. The molecule has 18 heavy (non-hydrogen) atoms. The Morgan fingerprint density at radius 2 is 1.89 bits per heavy atom. The Bertz CT molecular complexity index is 441. The summed E-state index contributed by atoms with van der Waals surface area (Å²) in [5.74, 6) is 0. The lowest BCUT2D eigenvalue weighted by atomic mass is 10.1. The number of aromatic nitrogens is 1. The zero-order chi connectivity index (χ0) is 13.4. The first-order valence-corrected chi connectivity index (χ1v) is 8.33.